The molecule has 0 radical (unpaired) electrons. The second-order valence-corrected chi connectivity index (χ2v) is 5.91. The Morgan fingerprint density at radius 3 is 2.73 bits per heavy atom. The molecule has 1 aliphatic rings. The number of carbonyl (C=O) groups excluding carboxylic acids is 1. The lowest BCUT2D eigenvalue weighted by Crippen LogP contribution is -2.48. The molecule has 1 fully saturated rings. The number of non-ortho nitro benzene ring substituents is 1. The molecule has 2 aromatic heterocycles. The summed E-state index contributed by atoms with van der Waals surface area (Å²) in [6.45, 7) is 0.860. The van der Waals surface area contributed by atoms with Crippen molar-refractivity contribution in [3.8, 4) is 11.4 Å². The van der Waals surface area contributed by atoms with Crippen molar-refractivity contribution < 1.29 is 14.2 Å². The molecule has 0 N–H and O–H groups in total. The Labute approximate surface area is 147 Å². The van der Waals surface area contributed by atoms with E-state index >= 15 is 0 Å². The van der Waals surface area contributed by atoms with Crippen LogP contribution in [-0.2, 0) is 0 Å². The van der Waals surface area contributed by atoms with Crippen LogP contribution in [0.15, 0.2) is 53.3 Å². The fourth-order valence-corrected chi connectivity index (χ4v) is 2.75. The first-order chi connectivity index (χ1) is 12.6. The first-order valence-electron chi connectivity index (χ1n) is 7.89. The quantitative estimate of drug-likeness (QED) is 0.523. The summed E-state index contributed by atoms with van der Waals surface area (Å²) in [4.78, 5) is 32.7. The Balaban J connectivity index is 1.43. The molecule has 0 unspecified atom stereocenters. The molecule has 130 valence electrons. The molecule has 1 aromatic carbocycles. The molecule has 3 aromatic rings. The molecule has 0 saturated carbocycles. The Morgan fingerprint density at radius 1 is 1.23 bits per heavy atom. The molecule has 26 heavy (non-hydrogen) atoms. The van der Waals surface area contributed by atoms with E-state index in [0.29, 0.717) is 30.4 Å². The number of amides is 1. The van der Waals surface area contributed by atoms with Gasteiger partial charge in [-0.2, -0.15) is 4.98 Å². The Morgan fingerprint density at radius 2 is 2.00 bits per heavy atom. The van der Waals surface area contributed by atoms with Gasteiger partial charge in [0.15, 0.2) is 0 Å². The molecular weight excluding hydrogens is 338 g/mol. The van der Waals surface area contributed by atoms with E-state index in [0.717, 1.165) is 5.56 Å². The summed E-state index contributed by atoms with van der Waals surface area (Å²) in [5.74, 6) is 0.658. The predicted octanol–water partition coefficient (Wildman–Crippen LogP) is 2.28. The van der Waals surface area contributed by atoms with Crippen molar-refractivity contribution in [3.63, 3.8) is 0 Å². The fourth-order valence-electron chi connectivity index (χ4n) is 2.75. The zero-order valence-corrected chi connectivity index (χ0v) is 13.5. The highest BCUT2D eigenvalue weighted by molar-refractivity contribution is 5.95. The molecular formula is C17H13N5O4. The van der Waals surface area contributed by atoms with Crippen LogP contribution < -0.4 is 0 Å². The maximum atomic E-state index is 12.4. The average Bonchev–Trinajstić information content (AvgIpc) is 3.11. The predicted molar refractivity (Wildman–Crippen MR) is 89.3 cm³/mol. The summed E-state index contributed by atoms with van der Waals surface area (Å²) in [6, 6.07) is 9.28. The molecule has 0 aliphatic carbocycles. The molecule has 9 nitrogen and oxygen atoms in total. The standard InChI is InChI=1S/C17H13N5O4/c23-17(12-2-1-3-14(8-12)22(24)25)21-9-13(10-21)16-19-15(20-26-16)11-4-6-18-7-5-11/h1-8,13H,9-10H2. The SMILES string of the molecule is O=C(c1cccc([N+](=O)[O-])c1)N1CC(c2nc(-c3ccncc3)no2)C1. The van der Waals surface area contributed by atoms with Crippen LogP contribution in [0.1, 0.15) is 22.2 Å². The second-order valence-electron chi connectivity index (χ2n) is 5.91. The number of nitro groups is 1. The van der Waals surface area contributed by atoms with Gasteiger partial charge in [0.05, 0.1) is 10.8 Å². The van der Waals surface area contributed by atoms with Gasteiger partial charge in [-0.1, -0.05) is 11.2 Å². The number of hydrogen-bond donors (Lipinski definition) is 0. The minimum atomic E-state index is -0.519. The minimum absolute atomic E-state index is 0.0410. The van der Waals surface area contributed by atoms with Crippen LogP contribution in [0.25, 0.3) is 11.4 Å². The smallest absolute Gasteiger partial charge is 0.270 e. The van der Waals surface area contributed by atoms with Gasteiger partial charge in [0.25, 0.3) is 11.6 Å². The number of carbonyl (C=O) groups is 1. The lowest BCUT2D eigenvalue weighted by molar-refractivity contribution is -0.384. The van der Waals surface area contributed by atoms with Crippen LogP contribution >= 0.6 is 0 Å². The lowest BCUT2D eigenvalue weighted by atomic mass is 9.98. The van der Waals surface area contributed by atoms with Crippen molar-refractivity contribution in [2.24, 2.45) is 0 Å². The lowest BCUT2D eigenvalue weighted by Gasteiger charge is -2.37. The van der Waals surface area contributed by atoms with Crippen molar-refractivity contribution in [2.75, 3.05) is 13.1 Å². The fraction of sp³-hybridized carbons (Fsp3) is 0.176. The first kappa shape index (κ1) is 15.9. The highest BCUT2D eigenvalue weighted by atomic mass is 16.6. The van der Waals surface area contributed by atoms with Crippen molar-refractivity contribution in [3.05, 3.63) is 70.4 Å². The van der Waals surface area contributed by atoms with E-state index in [1.54, 1.807) is 35.5 Å². The number of benzene rings is 1. The van der Waals surface area contributed by atoms with Gasteiger partial charge in [-0.15, -0.1) is 0 Å². The van der Waals surface area contributed by atoms with Gasteiger partial charge in [0.2, 0.25) is 11.7 Å². The summed E-state index contributed by atoms with van der Waals surface area (Å²) in [7, 11) is 0. The van der Waals surface area contributed by atoms with Crippen molar-refractivity contribution in [1.82, 2.24) is 20.0 Å². The van der Waals surface area contributed by atoms with E-state index in [1.807, 2.05) is 0 Å². The number of pyridine rings is 1. The van der Waals surface area contributed by atoms with E-state index in [9.17, 15) is 14.9 Å². The number of likely N-dealkylation sites (tertiary alicyclic amines) is 1. The van der Waals surface area contributed by atoms with Gasteiger partial charge in [0, 0.05) is 48.7 Å². The summed E-state index contributed by atoms with van der Waals surface area (Å²) >= 11 is 0. The highest BCUT2D eigenvalue weighted by Crippen LogP contribution is 2.29. The van der Waals surface area contributed by atoms with Crippen molar-refractivity contribution in [1.29, 1.82) is 0 Å². The van der Waals surface area contributed by atoms with Gasteiger partial charge >= 0.3 is 0 Å². The third-order valence-electron chi connectivity index (χ3n) is 4.20. The third-order valence-corrected chi connectivity index (χ3v) is 4.20. The molecule has 1 amide bonds. The summed E-state index contributed by atoms with van der Waals surface area (Å²) in [5.41, 5.74) is 0.992. The van der Waals surface area contributed by atoms with Gasteiger partial charge < -0.3 is 9.42 Å². The number of nitrogens with zero attached hydrogens (tertiary/aromatic N) is 5. The summed E-state index contributed by atoms with van der Waals surface area (Å²) in [5, 5.41) is 14.8. The first-order valence-corrected chi connectivity index (χ1v) is 7.89. The molecule has 0 atom stereocenters. The van der Waals surface area contributed by atoms with Crippen LogP contribution in [-0.4, -0.2) is 43.9 Å². The molecule has 0 bridgehead atoms. The van der Waals surface area contributed by atoms with Crippen molar-refractivity contribution in [2.45, 2.75) is 5.92 Å². The van der Waals surface area contributed by atoms with Gasteiger partial charge in [-0.05, 0) is 18.2 Å². The molecule has 4 rings (SSSR count). The molecule has 3 heterocycles. The zero-order chi connectivity index (χ0) is 18.1. The molecule has 9 heteroatoms. The Hall–Kier alpha value is -3.62. The summed E-state index contributed by atoms with van der Waals surface area (Å²) < 4.78 is 5.30. The number of hydrogen-bond acceptors (Lipinski definition) is 7. The minimum Gasteiger partial charge on any atom is -0.339 e. The van der Waals surface area contributed by atoms with Crippen LogP contribution in [0, 0.1) is 10.1 Å². The van der Waals surface area contributed by atoms with E-state index < -0.39 is 4.92 Å². The van der Waals surface area contributed by atoms with Crippen LogP contribution in [0.2, 0.25) is 0 Å². The third kappa shape index (κ3) is 2.90. The molecule has 1 saturated heterocycles. The Kier molecular flexibility index (Phi) is 3.88. The Bertz CT molecular complexity index is 966. The zero-order valence-electron chi connectivity index (χ0n) is 13.5. The van der Waals surface area contributed by atoms with E-state index in [4.69, 9.17) is 4.52 Å². The monoisotopic (exact) mass is 351 g/mol. The highest BCUT2D eigenvalue weighted by Gasteiger charge is 2.36. The number of rotatable bonds is 4. The van der Waals surface area contributed by atoms with Gasteiger partial charge in [-0.25, -0.2) is 0 Å². The topological polar surface area (TPSA) is 115 Å². The van der Waals surface area contributed by atoms with E-state index in [2.05, 4.69) is 15.1 Å². The molecule has 0 spiro atoms. The van der Waals surface area contributed by atoms with Crippen LogP contribution in [0.5, 0.6) is 0 Å². The van der Waals surface area contributed by atoms with Gasteiger partial charge in [0.1, 0.15) is 0 Å². The van der Waals surface area contributed by atoms with Gasteiger partial charge in [-0.3, -0.25) is 19.9 Å². The second kappa shape index (κ2) is 6.36. The number of nitro benzene ring substituents is 1. The number of aromatic nitrogens is 3. The maximum Gasteiger partial charge on any atom is 0.270 e. The molecule has 1 aliphatic heterocycles. The maximum absolute atomic E-state index is 12.4. The van der Waals surface area contributed by atoms with E-state index in [-0.39, 0.29) is 17.5 Å². The van der Waals surface area contributed by atoms with Crippen LogP contribution in [0.3, 0.4) is 0 Å². The average molecular weight is 351 g/mol. The largest absolute Gasteiger partial charge is 0.339 e. The normalized spacial score (nSPS) is 14.1. The van der Waals surface area contributed by atoms with Crippen LogP contribution in [0.4, 0.5) is 5.69 Å². The van der Waals surface area contributed by atoms with E-state index in [1.165, 1.54) is 18.2 Å². The van der Waals surface area contributed by atoms with Crippen molar-refractivity contribution >= 4 is 11.6 Å². The summed E-state index contributed by atoms with van der Waals surface area (Å²) in [6.07, 6.45) is 3.29.